The highest BCUT2D eigenvalue weighted by molar-refractivity contribution is 5.83. The number of rotatable bonds is 7. The molecule has 0 aliphatic carbocycles. The van der Waals surface area contributed by atoms with Gasteiger partial charge in [-0.2, -0.15) is 4.57 Å². The number of hydrogen-bond acceptors (Lipinski definition) is 4. The molecular weight excluding hydrogens is 637 g/mol. The van der Waals surface area contributed by atoms with Crippen molar-refractivity contribution < 1.29 is 4.57 Å². The van der Waals surface area contributed by atoms with Crippen LogP contribution in [0.25, 0.3) is 34.5 Å². The van der Waals surface area contributed by atoms with E-state index in [0.29, 0.717) is 0 Å². The number of fused-ring (bicyclic) bond motifs is 4. The Kier molecular flexibility index (Phi) is 8.36. The van der Waals surface area contributed by atoms with Gasteiger partial charge in [-0.05, 0) is 93.0 Å². The number of aryl methyl sites for hydroxylation is 5. The predicted octanol–water partition coefficient (Wildman–Crippen LogP) is 10.3. The van der Waals surface area contributed by atoms with Crippen LogP contribution < -0.4 is 14.4 Å². The molecule has 0 radical (unpaired) electrons. The van der Waals surface area contributed by atoms with Gasteiger partial charge < -0.3 is 9.80 Å². The third-order valence-corrected chi connectivity index (χ3v) is 11.7. The highest BCUT2D eigenvalue weighted by Gasteiger charge is 2.47. The van der Waals surface area contributed by atoms with Gasteiger partial charge in [0.2, 0.25) is 0 Å². The molecule has 0 saturated heterocycles. The molecule has 8 rings (SSSR count). The highest BCUT2D eigenvalue weighted by atomic mass is 15.4. The zero-order valence-corrected chi connectivity index (χ0v) is 31.8. The second-order valence-corrected chi connectivity index (χ2v) is 14.8. The van der Waals surface area contributed by atoms with E-state index in [2.05, 4.69) is 178 Å². The lowest BCUT2D eigenvalue weighted by molar-refractivity contribution is -0.745. The van der Waals surface area contributed by atoms with Crippen LogP contribution in [0, 0.1) is 34.6 Å². The number of nitrogens with zero attached hydrogens (tertiary/aromatic N) is 6. The van der Waals surface area contributed by atoms with Gasteiger partial charge in [0, 0.05) is 24.7 Å². The molecule has 2 aliphatic rings. The number of aromatic nitrogens is 4. The predicted molar refractivity (Wildman–Crippen MR) is 214 cm³/mol. The Labute approximate surface area is 308 Å². The minimum absolute atomic E-state index is 0.0146. The molecule has 4 heterocycles. The molecule has 6 nitrogen and oxygen atoms in total. The molecular formula is C46H49N6+. The maximum absolute atomic E-state index is 5.35. The van der Waals surface area contributed by atoms with Gasteiger partial charge in [0.05, 0.1) is 11.8 Å². The molecule has 0 bridgehead atoms. The Balaban J connectivity index is 1.31. The summed E-state index contributed by atoms with van der Waals surface area (Å²) in [5, 5.41) is 0. The number of hydrogen-bond donors (Lipinski definition) is 0. The minimum atomic E-state index is -0.253. The normalized spacial score (nSPS) is 15.9. The van der Waals surface area contributed by atoms with Gasteiger partial charge in [-0.1, -0.05) is 98.3 Å². The lowest BCUT2D eigenvalue weighted by Gasteiger charge is -2.37. The summed E-state index contributed by atoms with van der Waals surface area (Å²) in [6.07, 6.45) is 11.9. The van der Waals surface area contributed by atoms with E-state index < -0.39 is 0 Å². The summed E-state index contributed by atoms with van der Waals surface area (Å²) in [6, 6.07) is 30.7. The zero-order valence-electron chi connectivity index (χ0n) is 31.8. The van der Waals surface area contributed by atoms with Crippen LogP contribution in [0.15, 0.2) is 109 Å². The molecule has 0 spiro atoms. The van der Waals surface area contributed by atoms with Gasteiger partial charge >= 0.3 is 0 Å². The SMILES string of the molecule is CCC1(CC)C(CC2N(C)c3cnc(-c4ccccc4C)nc3N2c2ccccc2C)=Cc2ccccc2-c2n(-c3c(C)cc(C)cc3C)cc[n+]21. The second kappa shape index (κ2) is 12.9. The smallest absolute Gasteiger partial charge is 0.295 e. The number of anilines is 3. The van der Waals surface area contributed by atoms with E-state index in [-0.39, 0.29) is 11.7 Å². The van der Waals surface area contributed by atoms with Crippen molar-refractivity contribution in [3.63, 3.8) is 0 Å². The van der Waals surface area contributed by atoms with Crippen molar-refractivity contribution in [2.75, 3.05) is 16.8 Å². The van der Waals surface area contributed by atoms with E-state index in [0.717, 1.165) is 42.2 Å². The fraction of sp³-hybridized carbons (Fsp3) is 0.283. The second-order valence-electron chi connectivity index (χ2n) is 14.8. The average Bonchev–Trinajstić information content (AvgIpc) is 3.64. The van der Waals surface area contributed by atoms with E-state index in [4.69, 9.17) is 9.97 Å². The molecule has 0 amide bonds. The molecule has 2 aliphatic heterocycles. The van der Waals surface area contributed by atoms with Crippen molar-refractivity contribution in [1.29, 1.82) is 0 Å². The molecule has 4 aromatic carbocycles. The molecule has 262 valence electrons. The lowest BCUT2D eigenvalue weighted by Crippen LogP contribution is -2.58. The van der Waals surface area contributed by atoms with E-state index in [1.807, 2.05) is 6.20 Å². The Hall–Kier alpha value is -5.49. The molecule has 0 fully saturated rings. The summed E-state index contributed by atoms with van der Waals surface area (Å²) in [7, 11) is 2.21. The van der Waals surface area contributed by atoms with Crippen molar-refractivity contribution in [3.8, 4) is 28.5 Å². The van der Waals surface area contributed by atoms with Crippen LogP contribution in [0.2, 0.25) is 0 Å². The van der Waals surface area contributed by atoms with Crippen LogP contribution in [0.5, 0.6) is 0 Å². The highest BCUT2D eigenvalue weighted by Crippen LogP contribution is 2.48. The molecule has 6 aromatic rings. The number of imidazole rings is 1. The summed E-state index contributed by atoms with van der Waals surface area (Å²) in [5.74, 6) is 2.94. The first-order chi connectivity index (χ1) is 25.2. The fourth-order valence-corrected chi connectivity index (χ4v) is 9.08. The topological polar surface area (TPSA) is 41.1 Å². The maximum Gasteiger partial charge on any atom is 0.295 e. The van der Waals surface area contributed by atoms with Crippen LogP contribution in [0.4, 0.5) is 17.2 Å². The Bertz CT molecular complexity index is 2340. The minimum Gasteiger partial charge on any atom is -0.349 e. The monoisotopic (exact) mass is 685 g/mol. The van der Waals surface area contributed by atoms with Crippen LogP contribution in [0.1, 0.15) is 66.5 Å². The first-order valence-corrected chi connectivity index (χ1v) is 18.7. The van der Waals surface area contributed by atoms with Crippen molar-refractivity contribution in [3.05, 3.63) is 142 Å². The Morgan fingerprint density at radius 3 is 2.10 bits per heavy atom. The quantitative estimate of drug-likeness (QED) is 0.157. The van der Waals surface area contributed by atoms with Crippen LogP contribution >= 0.6 is 0 Å². The Morgan fingerprint density at radius 2 is 1.40 bits per heavy atom. The number of para-hydroxylation sites is 1. The van der Waals surface area contributed by atoms with Crippen molar-refractivity contribution in [1.82, 2.24) is 14.5 Å². The van der Waals surface area contributed by atoms with Gasteiger partial charge in [-0.3, -0.25) is 0 Å². The average molecular weight is 686 g/mol. The summed E-state index contributed by atoms with van der Waals surface area (Å²) < 4.78 is 5.04. The summed E-state index contributed by atoms with van der Waals surface area (Å²) in [6.45, 7) is 15.7. The standard InChI is InChI=1S/C46H49N6/c1-9-46(10-2)36(27-35-19-13-15-21-38(35)45-50(23-24-51(45)46)42-33(6)25-30(3)26-34(42)7)28-41-49(8)40-29-47-43(37-20-14-11-17-31(37)4)48-44(40)52(41)39-22-16-12-18-32(39)5/h11-27,29,41H,9-10,28H2,1-8H3/q+1. The van der Waals surface area contributed by atoms with Gasteiger partial charge in [-0.15, -0.1) is 0 Å². The van der Waals surface area contributed by atoms with Crippen LogP contribution in [-0.2, 0) is 5.54 Å². The van der Waals surface area contributed by atoms with E-state index >= 15 is 0 Å². The van der Waals surface area contributed by atoms with Crippen molar-refractivity contribution >= 4 is 23.3 Å². The van der Waals surface area contributed by atoms with E-state index in [1.165, 1.54) is 61.7 Å². The summed E-state index contributed by atoms with van der Waals surface area (Å²) in [5.41, 5.74) is 14.5. The molecule has 0 saturated carbocycles. The largest absolute Gasteiger partial charge is 0.349 e. The van der Waals surface area contributed by atoms with Crippen LogP contribution in [0.3, 0.4) is 0 Å². The lowest BCUT2D eigenvalue weighted by atomic mass is 9.80. The van der Waals surface area contributed by atoms with E-state index in [9.17, 15) is 0 Å². The fourth-order valence-electron chi connectivity index (χ4n) is 9.08. The van der Waals surface area contributed by atoms with Crippen molar-refractivity contribution in [2.24, 2.45) is 0 Å². The van der Waals surface area contributed by atoms with Gasteiger partial charge in [0.25, 0.3) is 5.82 Å². The molecule has 1 atom stereocenters. The Morgan fingerprint density at radius 1 is 0.750 bits per heavy atom. The first-order valence-electron chi connectivity index (χ1n) is 18.7. The van der Waals surface area contributed by atoms with Crippen LogP contribution in [-0.4, -0.2) is 27.7 Å². The summed E-state index contributed by atoms with van der Waals surface area (Å²) >= 11 is 0. The van der Waals surface area contributed by atoms with Gasteiger partial charge in [-0.25, -0.2) is 14.5 Å². The third kappa shape index (κ3) is 5.18. The third-order valence-electron chi connectivity index (χ3n) is 11.7. The van der Waals surface area contributed by atoms with Crippen molar-refractivity contribution in [2.45, 2.75) is 79.4 Å². The first kappa shape index (κ1) is 33.6. The number of benzene rings is 4. The summed E-state index contributed by atoms with van der Waals surface area (Å²) in [4.78, 5) is 15.2. The van der Waals surface area contributed by atoms with Gasteiger partial charge in [0.15, 0.2) is 11.6 Å². The zero-order chi connectivity index (χ0) is 36.3. The maximum atomic E-state index is 5.35. The molecule has 52 heavy (non-hydrogen) atoms. The molecule has 6 heteroatoms. The van der Waals surface area contributed by atoms with E-state index in [1.54, 1.807) is 0 Å². The molecule has 1 unspecified atom stereocenters. The molecule has 0 N–H and O–H groups in total. The van der Waals surface area contributed by atoms with Gasteiger partial charge in [0.1, 0.15) is 35.5 Å². The molecule has 2 aromatic heterocycles.